The highest BCUT2D eigenvalue weighted by Gasteiger charge is 2.39. The van der Waals surface area contributed by atoms with Crippen LogP contribution in [-0.2, 0) is 4.74 Å². The molecule has 2 heterocycles. The summed E-state index contributed by atoms with van der Waals surface area (Å²) in [6, 6.07) is 9.58. The summed E-state index contributed by atoms with van der Waals surface area (Å²) < 4.78 is 12.7. The summed E-state index contributed by atoms with van der Waals surface area (Å²) in [5, 5.41) is 4.47. The Balaban J connectivity index is 1.54. The molecule has 24 heavy (non-hydrogen) atoms. The van der Waals surface area contributed by atoms with Crippen LogP contribution in [0.25, 0.3) is 5.69 Å². The number of morpholine rings is 1. The first-order valence-corrected chi connectivity index (χ1v) is 8.39. The first kappa shape index (κ1) is 15.2. The third kappa shape index (κ3) is 2.67. The number of carbonyl (C=O) groups is 1. The highest BCUT2D eigenvalue weighted by molar-refractivity contribution is 5.92. The number of nitrogens with zero attached hydrogens (tertiary/aromatic N) is 3. The molecule has 0 unspecified atom stereocenters. The van der Waals surface area contributed by atoms with Gasteiger partial charge in [-0.05, 0) is 49.6 Å². The van der Waals surface area contributed by atoms with Crippen molar-refractivity contribution in [3.63, 3.8) is 0 Å². The topological polar surface area (TPSA) is 56.6 Å². The molecule has 2 atom stereocenters. The highest BCUT2D eigenvalue weighted by atomic mass is 16.5. The number of hydrogen-bond donors (Lipinski definition) is 0. The van der Waals surface area contributed by atoms with Gasteiger partial charge in [0.15, 0.2) is 5.69 Å². The number of ether oxygens (including phenoxy) is 2. The molecule has 1 amide bonds. The van der Waals surface area contributed by atoms with Gasteiger partial charge in [-0.3, -0.25) is 4.79 Å². The lowest BCUT2D eigenvalue weighted by Crippen LogP contribution is -2.51. The number of benzene rings is 1. The van der Waals surface area contributed by atoms with Crippen molar-refractivity contribution >= 4 is 5.91 Å². The Labute approximate surface area is 141 Å². The maximum absolute atomic E-state index is 12.9. The van der Waals surface area contributed by atoms with Gasteiger partial charge in [0, 0.05) is 12.7 Å². The van der Waals surface area contributed by atoms with Crippen molar-refractivity contribution in [1.29, 1.82) is 0 Å². The van der Waals surface area contributed by atoms with E-state index >= 15 is 0 Å². The van der Waals surface area contributed by atoms with Crippen LogP contribution < -0.4 is 4.74 Å². The number of methoxy groups -OCH3 is 1. The van der Waals surface area contributed by atoms with Gasteiger partial charge in [0.1, 0.15) is 5.75 Å². The first-order chi connectivity index (χ1) is 11.8. The molecule has 4 rings (SSSR count). The van der Waals surface area contributed by atoms with E-state index in [2.05, 4.69) is 5.10 Å². The second kappa shape index (κ2) is 6.28. The van der Waals surface area contributed by atoms with Crippen LogP contribution in [0.4, 0.5) is 0 Å². The van der Waals surface area contributed by atoms with Crippen LogP contribution in [0.15, 0.2) is 36.5 Å². The van der Waals surface area contributed by atoms with E-state index in [0.29, 0.717) is 18.8 Å². The number of hydrogen-bond acceptors (Lipinski definition) is 4. The molecular formula is C18H21N3O3. The molecule has 2 aliphatic rings. The predicted octanol–water partition coefficient (Wildman–Crippen LogP) is 2.27. The Hall–Kier alpha value is -2.34. The van der Waals surface area contributed by atoms with Crippen LogP contribution in [0.3, 0.4) is 0 Å². The molecule has 0 bridgehead atoms. The molecule has 1 saturated carbocycles. The van der Waals surface area contributed by atoms with Crippen molar-refractivity contribution in [2.45, 2.75) is 31.4 Å². The number of rotatable bonds is 3. The van der Waals surface area contributed by atoms with Gasteiger partial charge in [-0.25, -0.2) is 4.68 Å². The third-order valence-corrected chi connectivity index (χ3v) is 4.89. The highest BCUT2D eigenvalue weighted by Crippen LogP contribution is 2.30. The van der Waals surface area contributed by atoms with Gasteiger partial charge in [0.25, 0.3) is 5.91 Å². The molecule has 0 N–H and O–H groups in total. The fraction of sp³-hybridized carbons (Fsp3) is 0.444. The van der Waals surface area contributed by atoms with Crippen LogP contribution in [-0.4, -0.2) is 53.0 Å². The zero-order valence-corrected chi connectivity index (χ0v) is 13.7. The molecule has 1 aliphatic heterocycles. The molecule has 2 aromatic rings. The van der Waals surface area contributed by atoms with E-state index in [9.17, 15) is 4.79 Å². The molecule has 1 aromatic carbocycles. The van der Waals surface area contributed by atoms with Crippen molar-refractivity contribution in [3.05, 3.63) is 42.2 Å². The van der Waals surface area contributed by atoms with Gasteiger partial charge >= 0.3 is 0 Å². The molecule has 1 aliphatic carbocycles. The summed E-state index contributed by atoms with van der Waals surface area (Å²) in [6.07, 6.45) is 5.22. The third-order valence-electron chi connectivity index (χ3n) is 4.89. The van der Waals surface area contributed by atoms with Crippen LogP contribution in [0, 0.1) is 0 Å². The van der Waals surface area contributed by atoms with Crippen molar-refractivity contribution in [3.8, 4) is 11.4 Å². The Bertz CT molecular complexity index is 725. The quantitative estimate of drug-likeness (QED) is 0.868. The Morgan fingerprint density at radius 3 is 2.88 bits per heavy atom. The number of fused-ring (bicyclic) bond motifs is 1. The summed E-state index contributed by atoms with van der Waals surface area (Å²) >= 11 is 0. The minimum Gasteiger partial charge on any atom is -0.497 e. The minimum absolute atomic E-state index is 0.00228. The molecule has 1 aromatic heterocycles. The maximum atomic E-state index is 12.9. The molecule has 6 nitrogen and oxygen atoms in total. The zero-order valence-electron chi connectivity index (χ0n) is 13.7. The largest absolute Gasteiger partial charge is 0.497 e. The molecule has 6 heteroatoms. The number of aromatic nitrogens is 2. The van der Waals surface area contributed by atoms with Gasteiger partial charge in [-0.1, -0.05) is 0 Å². The fourth-order valence-electron chi connectivity index (χ4n) is 3.64. The molecule has 0 spiro atoms. The van der Waals surface area contributed by atoms with Gasteiger partial charge in [-0.2, -0.15) is 5.10 Å². The smallest absolute Gasteiger partial charge is 0.274 e. The van der Waals surface area contributed by atoms with Gasteiger partial charge < -0.3 is 14.4 Å². The van der Waals surface area contributed by atoms with Crippen molar-refractivity contribution in [2.75, 3.05) is 20.3 Å². The second-order valence-electron chi connectivity index (χ2n) is 6.25. The Morgan fingerprint density at radius 2 is 2.08 bits per heavy atom. The average molecular weight is 327 g/mol. The SMILES string of the molecule is COc1ccc(-n2ccc(C(=O)N3CCO[C@@H]4CCC[C@H]43)n2)cc1. The minimum atomic E-state index is 0.00228. The molecule has 126 valence electrons. The maximum Gasteiger partial charge on any atom is 0.274 e. The molecule has 2 fully saturated rings. The van der Waals surface area contributed by atoms with E-state index < -0.39 is 0 Å². The Morgan fingerprint density at radius 1 is 1.25 bits per heavy atom. The van der Waals surface area contributed by atoms with E-state index in [4.69, 9.17) is 9.47 Å². The van der Waals surface area contributed by atoms with E-state index in [1.54, 1.807) is 17.9 Å². The number of amides is 1. The van der Waals surface area contributed by atoms with Gasteiger partial charge in [0.05, 0.1) is 31.5 Å². The monoisotopic (exact) mass is 327 g/mol. The summed E-state index contributed by atoms with van der Waals surface area (Å²) in [5.41, 5.74) is 1.38. The van der Waals surface area contributed by atoms with Crippen molar-refractivity contribution in [2.24, 2.45) is 0 Å². The zero-order chi connectivity index (χ0) is 16.5. The Kier molecular flexibility index (Phi) is 3.98. The van der Waals surface area contributed by atoms with E-state index in [0.717, 1.165) is 30.7 Å². The van der Waals surface area contributed by atoms with Crippen LogP contribution >= 0.6 is 0 Å². The van der Waals surface area contributed by atoms with E-state index in [-0.39, 0.29) is 18.1 Å². The number of carbonyl (C=O) groups excluding carboxylic acids is 1. The summed E-state index contributed by atoms with van der Waals surface area (Å²) in [7, 11) is 1.64. The lowest BCUT2D eigenvalue weighted by molar-refractivity contribution is -0.0447. The standard InChI is InChI=1S/C18H21N3O3/c1-23-14-7-5-13(6-8-14)21-10-9-15(19-21)18(22)20-11-12-24-17-4-2-3-16(17)20/h5-10,16-17H,2-4,11-12H2,1H3/t16-,17-/m1/s1. The molecule has 1 saturated heterocycles. The second-order valence-corrected chi connectivity index (χ2v) is 6.25. The fourth-order valence-corrected chi connectivity index (χ4v) is 3.64. The summed E-state index contributed by atoms with van der Waals surface area (Å²) in [5.74, 6) is 0.797. The van der Waals surface area contributed by atoms with Crippen molar-refractivity contribution < 1.29 is 14.3 Å². The normalized spacial score (nSPS) is 23.1. The lowest BCUT2D eigenvalue weighted by Gasteiger charge is -2.37. The van der Waals surface area contributed by atoms with Crippen molar-refractivity contribution in [1.82, 2.24) is 14.7 Å². The van der Waals surface area contributed by atoms with Crippen LogP contribution in [0.2, 0.25) is 0 Å². The summed E-state index contributed by atoms with van der Waals surface area (Å²) in [6.45, 7) is 1.27. The molecule has 0 radical (unpaired) electrons. The predicted molar refractivity (Wildman–Crippen MR) is 88.5 cm³/mol. The van der Waals surface area contributed by atoms with E-state index in [1.165, 1.54) is 0 Å². The molecular weight excluding hydrogens is 306 g/mol. The van der Waals surface area contributed by atoms with Gasteiger partial charge in [-0.15, -0.1) is 0 Å². The van der Waals surface area contributed by atoms with Gasteiger partial charge in [0.2, 0.25) is 0 Å². The lowest BCUT2D eigenvalue weighted by atomic mass is 10.1. The summed E-state index contributed by atoms with van der Waals surface area (Å²) in [4.78, 5) is 14.8. The first-order valence-electron chi connectivity index (χ1n) is 8.39. The van der Waals surface area contributed by atoms with Crippen LogP contribution in [0.5, 0.6) is 5.75 Å². The van der Waals surface area contributed by atoms with Crippen LogP contribution in [0.1, 0.15) is 29.8 Å². The average Bonchev–Trinajstić information content (AvgIpc) is 3.30. The van der Waals surface area contributed by atoms with E-state index in [1.807, 2.05) is 35.4 Å².